The average Bonchev–Trinajstić information content (AvgIpc) is 2.57. The van der Waals surface area contributed by atoms with E-state index in [0.717, 1.165) is 11.3 Å². The summed E-state index contributed by atoms with van der Waals surface area (Å²) in [5.41, 5.74) is 8.61. The van der Waals surface area contributed by atoms with Crippen molar-refractivity contribution in [1.29, 1.82) is 0 Å². The average molecular weight is 340 g/mol. The molecule has 2 aromatic rings. The lowest BCUT2D eigenvalue weighted by atomic mass is 10.00. The fraction of sp³-hybridized carbons (Fsp3) is 0.300. The Hall–Kier alpha value is -2.07. The molecule has 0 atom stereocenters. The Kier molecular flexibility index (Phi) is 6.62. The molecule has 2 aromatic carbocycles. The van der Waals surface area contributed by atoms with Crippen LogP contribution >= 0.6 is 11.8 Å². The van der Waals surface area contributed by atoms with E-state index in [4.69, 9.17) is 0 Å². The van der Waals surface area contributed by atoms with Crippen molar-refractivity contribution in [2.24, 2.45) is 5.10 Å². The van der Waals surface area contributed by atoms with Crippen LogP contribution < -0.4 is 5.43 Å². The van der Waals surface area contributed by atoms with Gasteiger partial charge in [-0.1, -0.05) is 29.8 Å². The van der Waals surface area contributed by atoms with Crippen molar-refractivity contribution < 1.29 is 4.79 Å². The van der Waals surface area contributed by atoms with Crippen LogP contribution in [0.15, 0.2) is 46.4 Å². The van der Waals surface area contributed by atoms with E-state index in [0.29, 0.717) is 6.42 Å². The molecule has 0 heterocycles. The molecule has 0 saturated carbocycles. The van der Waals surface area contributed by atoms with Gasteiger partial charge in [0.05, 0.1) is 6.21 Å². The molecule has 0 aromatic heterocycles. The van der Waals surface area contributed by atoms with E-state index in [2.05, 4.69) is 68.6 Å². The van der Waals surface area contributed by atoms with Crippen LogP contribution in [0.2, 0.25) is 0 Å². The number of rotatable bonds is 6. The van der Waals surface area contributed by atoms with Crippen molar-refractivity contribution in [3.63, 3.8) is 0 Å². The molecule has 0 bridgehead atoms. The predicted octanol–water partition coefficient (Wildman–Crippen LogP) is 4.55. The van der Waals surface area contributed by atoms with Gasteiger partial charge in [0.15, 0.2) is 0 Å². The zero-order valence-corrected chi connectivity index (χ0v) is 15.5. The molecule has 3 nitrogen and oxygen atoms in total. The zero-order chi connectivity index (χ0) is 17.5. The number of carbonyl (C=O) groups is 1. The predicted molar refractivity (Wildman–Crippen MR) is 103 cm³/mol. The summed E-state index contributed by atoms with van der Waals surface area (Å²) < 4.78 is 0. The Morgan fingerprint density at radius 3 is 2.46 bits per heavy atom. The molecule has 4 heteroatoms. The molecule has 0 fully saturated rings. The van der Waals surface area contributed by atoms with Crippen molar-refractivity contribution in [1.82, 2.24) is 5.43 Å². The molecule has 0 unspecified atom stereocenters. The zero-order valence-electron chi connectivity index (χ0n) is 14.7. The van der Waals surface area contributed by atoms with Gasteiger partial charge in [0, 0.05) is 17.1 Å². The van der Waals surface area contributed by atoms with Crippen LogP contribution in [-0.2, 0) is 4.79 Å². The maximum absolute atomic E-state index is 11.8. The number of nitrogens with zero attached hydrogens (tertiary/aromatic N) is 1. The number of thioether (sulfide) groups is 1. The summed E-state index contributed by atoms with van der Waals surface area (Å²) in [4.78, 5) is 13.0. The van der Waals surface area contributed by atoms with Gasteiger partial charge in [-0.2, -0.15) is 5.10 Å². The summed E-state index contributed by atoms with van der Waals surface area (Å²) in [6.45, 7) is 8.33. The number of amides is 1. The van der Waals surface area contributed by atoms with Gasteiger partial charge in [-0.3, -0.25) is 4.79 Å². The minimum Gasteiger partial charge on any atom is -0.273 e. The summed E-state index contributed by atoms with van der Waals surface area (Å²) >= 11 is 1.68. The molecular formula is C20H24N2OS. The maximum Gasteiger partial charge on any atom is 0.240 e. The van der Waals surface area contributed by atoms with Crippen LogP contribution in [0.25, 0.3) is 0 Å². The molecule has 0 spiro atoms. The third-order valence-corrected chi connectivity index (χ3v) is 5.13. The smallest absolute Gasteiger partial charge is 0.240 e. The largest absolute Gasteiger partial charge is 0.273 e. The third kappa shape index (κ3) is 5.24. The van der Waals surface area contributed by atoms with E-state index >= 15 is 0 Å². The van der Waals surface area contributed by atoms with Crippen molar-refractivity contribution in [3.05, 3.63) is 64.2 Å². The monoisotopic (exact) mass is 340 g/mol. The fourth-order valence-corrected chi connectivity index (χ4v) is 3.09. The topological polar surface area (TPSA) is 41.5 Å². The first-order chi connectivity index (χ1) is 11.5. The molecule has 0 aliphatic carbocycles. The van der Waals surface area contributed by atoms with Crippen LogP contribution in [-0.4, -0.2) is 17.9 Å². The lowest BCUT2D eigenvalue weighted by molar-refractivity contribution is -0.120. The van der Waals surface area contributed by atoms with E-state index in [1.54, 1.807) is 18.0 Å². The number of benzene rings is 2. The summed E-state index contributed by atoms with van der Waals surface area (Å²) in [5.74, 6) is 0.680. The molecule has 1 amide bonds. The first-order valence-electron chi connectivity index (χ1n) is 8.05. The van der Waals surface area contributed by atoms with Crippen LogP contribution in [0, 0.1) is 27.7 Å². The first kappa shape index (κ1) is 18.3. The molecule has 126 valence electrons. The van der Waals surface area contributed by atoms with Crippen LogP contribution in [0.3, 0.4) is 0 Å². The quantitative estimate of drug-likeness (QED) is 0.476. The summed E-state index contributed by atoms with van der Waals surface area (Å²) in [7, 11) is 0. The van der Waals surface area contributed by atoms with Gasteiger partial charge in [-0.05, 0) is 62.1 Å². The minimum atomic E-state index is -0.0626. The highest BCUT2D eigenvalue weighted by Crippen LogP contribution is 2.19. The van der Waals surface area contributed by atoms with E-state index in [1.165, 1.54) is 27.1 Å². The number of hydrazone groups is 1. The molecule has 0 aliphatic heterocycles. The van der Waals surface area contributed by atoms with E-state index in [1.807, 2.05) is 6.07 Å². The molecule has 0 radical (unpaired) electrons. The first-order valence-corrected chi connectivity index (χ1v) is 9.04. The Morgan fingerprint density at radius 2 is 1.75 bits per heavy atom. The van der Waals surface area contributed by atoms with Crippen molar-refractivity contribution >= 4 is 23.9 Å². The Bertz CT molecular complexity index is 736. The van der Waals surface area contributed by atoms with Gasteiger partial charge < -0.3 is 0 Å². The van der Waals surface area contributed by atoms with Crippen molar-refractivity contribution in [2.75, 3.05) is 5.75 Å². The maximum atomic E-state index is 11.8. The van der Waals surface area contributed by atoms with Gasteiger partial charge in [0.25, 0.3) is 0 Å². The normalized spacial score (nSPS) is 11.0. The molecule has 1 N–H and O–H groups in total. The Labute approximate surface area is 148 Å². The van der Waals surface area contributed by atoms with Crippen LogP contribution in [0.5, 0.6) is 0 Å². The number of hydrogen-bond acceptors (Lipinski definition) is 3. The minimum absolute atomic E-state index is 0.0626. The molecule has 2 rings (SSSR count). The van der Waals surface area contributed by atoms with Gasteiger partial charge in [0.2, 0.25) is 5.91 Å². The van der Waals surface area contributed by atoms with Gasteiger partial charge in [-0.15, -0.1) is 11.8 Å². The number of carbonyl (C=O) groups excluding carboxylic acids is 1. The number of hydrogen-bond donors (Lipinski definition) is 1. The summed E-state index contributed by atoms with van der Waals surface area (Å²) in [6.07, 6.45) is 2.16. The van der Waals surface area contributed by atoms with Crippen molar-refractivity contribution in [2.45, 2.75) is 39.0 Å². The van der Waals surface area contributed by atoms with Gasteiger partial charge in [-0.25, -0.2) is 5.43 Å². The highest BCUT2D eigenvalue weighted by molar-refractivity contribution is 7.99. The van der Waals surface area contributed by atoms with Crippen LogP contribution in [0.4, 0.5) is 0 Å². The number of aryl methyl sites for hydroxylation is 2. The Morgan fingerprint density at radius 1 is 1.04 bits per heavy atom. The Balaban J connectivity index is 1.78. The molecule has 24 heavy (non-hydrogen) atoms. The molecule has 0 saturated heterocycles. The summed E-state index contributed by atoms with van der Waals surface area (Å²) in [6, 6.07) is 12.4. The second-order valence-corrected chi connectivity index (χ2v) is 7.09. The third-order valence-electron chi connectivity index (χ3n) is 4.11. The van der Waals surface area contributed by atoms with Gasteiger partial charge in [0.1, 0.15) is 0 Å². The molecule has 0 aliphatic rings. The van der Waals surface area contributed by atoms with E-state index in [9.17, 15) is 4.79 Å². The van der Waals surface area contributed by atoms with Crippen molar-refractivity contribution in [3.8, 4) is 0 Å². The molecular weight excluding hydrogens is 316 g/mol. The standard InChI is InChI=1S/C20H24N2OS/c1-14-5-9-19(10-6-14)24-12-11-20(23)22-21-13-18-8-7-15(2)16(3)17(18)4/h5-10,13H,11-12H2,1-4H3,(H,22,23)/b21-13-. The van der Waals surface area contributed by atoms with E-state index in [-0.39, 0.29) is 5.91 Å². The lowest BCUT2D eigenvalue weighted by Gasteiger charge is -2.07. The lowest BCUT2D eigenvalue weighted by Crippen LogP contribution is -2.17. The fourth-order valence-electron chi connectivity index (χ4n) is 2.24. The SMILES string of the molecule is Cc1ccc(SCCC(=O)N/N=C\c2ccc(C)c(C)c2C)cc1. The second kappa shape index (κ2) is 8.69. The van der Waals surface area contributed by atoms with Crippen LogP contribution in [0.1, 0.15) is 34.2 Å². The second-order valence-electron chi connectivity index (χ2n) is 5.93. The highest BCUT2D eigenvalue weighted by atomic mass is 32.2. The highest BCUT2D eigenvalue weighted by Gasteiger charge is 2.03. The van der Waals surface area contributed by atoms with E-state index < -0.39 is 0 Å². The number of nitrogens with one attached hydrogen (secondary N) is 1. The summed E-state index contributed by atoms with van der Waals surface area (Å²) in [5, 5.41) is 4.08. The van der Waals surface area contributed by atoms with Gasteiger partial charge >= 0.3 is 0 Å².